The van der Waals surface area contributed by atoms with E-state index in [4.69, 9.17) is 4.98 Å². The highest BCUT2D eigenvalue weighted by Gasteiger charge is 2.25. The third kappa shape index (κ3) is 4.30. The largest absolute Gasteiger partial charge is 0.378 e. The first-order chi connectivity index (χ1) is 16.0. The summed E-state index contributed by atoms with van der Waals surface area (Å²) in [6.07, 6.45) is 5.81. The highest BCUT2D eigenvalue weighted by Crippen LogP contribution is 2.36. The maximum absolute atomic E-state index is 14.3. The third-order valence-electron chi connectivity index (χ3n) is 5.94. The van der Waals surface area contributed by atoms with Crippen LogP contribution in [-0.4, -0.2) is 33.6 Å². The summed E-state index contributed by atoms with van der Waals surface area (Å²) in [5, 5.41) is 6.22. The molecule has 0 radical (unpaired) electrons. The SMILES string of the molecule is CN(C)c1ccc(Nc2ncc3nc(Nc4cc(F)ccc4F)n(C4CCCC4)c3n2)cc1. The summed E-state index contributed by atoms with van der Waals surface area (Å²) in [4.78, 5) is 15.8. The highest BCUT2D eigenvalue weighted by molar-refractivity contribution is 5.77. The average molecular weight is 450 g/mol. The molecule has 0 unspecified atom stereocenters. The number of aromatic nitrogens is 4. The maximum atomic E-state index is 14.3. The zero-order valence-corrected chi connectivity index (χ0v) is 18.5. The Morgan fingerprint density at radius 1 is 0.970 bits per heavy atom. The van der Waals surface area contributed by atoms with Gasteiger partial charge in [-0.15, -0.1) is 0 Å². The molecule has 2 N–H and O–H groups in total. The normalized spacial score (nSPS) is 14.1. The van der Waals surface area contributed by atoms with Crippen LogP contribution in [0.25, 0.3) is 11.2 Å². The van der Waals surface area contributed by atoms with Gasteiger partial charge in [-0.2, -0.15) is 4.98 Å². The lowest BCUT2D eigenvalue weighted by molar-refractivity contribution is 0.534. The van der Waals surface area contributed by atoms with Gasteiger partial charge in [0.25, 0.3) is 0 Å². The summed E-state index contributed by atoms with van der Waals surface area (Å²) < 4.78 is 30.0. The van der Waals surface area contributed by atoms with Crippen molar-refractivity contribution in [1.82, 2.24) is 19.5 Å². The number of rotatable bonds is 6. The van der Waals surface area contributed by atoms with E-state index in [0.29, 0.717) is 23.1 Å². The number of halogens is 2. The van der Waals surface area contributed by atoms with Gasteiger partial charge < -0.3 is 15.5 Å². The molecule has 4 aromatic rings. The fraction of sp³-hybridized carbons (Fsp3) is 0.292. The third-order valence-corrected chi connectivity index (χ3v) is 5.94. The maximum Gasteiger partial charge on any atom is 0.229 e. The van der Waals surface area contributed by atoms with Crippen molar-refractivity contribution in [3.05, 3.63) is 60.3 Å². The van der Waals surface area contributed by atoms with E-state index >= 15 is 0 Å². The van der Waals surface area contributed by atoms with Crippen LogP contribution in [-0.2, 0) is 0 Å². The summed E-state index contributed by atoms with van der Waals surface area (Å²) in [7, 11) is 3.98. The van der Waals surface area contributed by atoms with E-state index < -0.39 is 11.6 Å². The second-order valence-corrected chi connectivity index (χ2v) is 8.46. The molecule has 170 valence electrons. The van der Waals surface area contributed by atoms with Gasteiger partial charge in [0.1, 0.15) is 17.2 Å². The minimum atomic E-state index is -0.545. The Morgan fingerprint density at radius 3 is 2.45 bits per heavy atom. The first-order valence-electron chi connectivity index (χ1n) is 11.0. The average Bonchev–Trinajstić information content (AvgIpc) is 3.44. The quantitative estimate of drug-likeness (QED) is 0.389. The van der Waals surface area contributed by atoms with E-state index in [-0.39, 0.29) is 11.7 Å². The molecule has 1 aliphatic rings. The number of hydrogen-bond acceptors (Lipinski definition) is 6. The summed E-state index contributed by atoms with van der Waals surface area (Å²) >= 11 is 0. The topological polar surface area (TPSA) is 70.9 Å². The molecule has 2 aromatic carbocycles. The number of anilines is 5. The van der Waals surface area contributed by atoms with Gasteiger partial charge in [-0.1, -0.05) is 12.8 Å². The Balaban J connectivity index is 1.52. The standard InChI is InChI=1S/C24H25F2N7/c1-32(2)17-10-8-16(9-11-17)28-23-27-14-21-22(31-23)33(18-5-3-4-6-18)24(30-21)29-20-13-15(25)7-12-19(20)26/h7-14,18H,3-6H2,1-2H3,(H,29,30)(H,27,28,31). The van der Waals surface area contributed by atoms with Crippen molar-refractivity contribution in [3.63, 3.8) is 0 Å². The van der Waals surface area contributed by atoms with Crippen molar-refractivity contribution in [2.45, 2.75) is 31.7 Å². The number of hydrogen-bond donors (Lipinski definition) is 2. The Bertz CT molecular complexity index is 1280. The van der Waals surface area contributed by atoms with Crippen LogP contribution < -0.4 is 15.5 Å². The molecule has 0 saturated heterocycles. The zero-order chi connectivity index (χ0) is 22.9. The number of fused-ring (bicyclic) bond motifs is 1. The van der Waals surface area contributed by atoms with Gasteiger partial charge in [-0.05, 0) is 49.2 Å². The van der Waals surface area contributed by atoms with Crippen molar-refractivity contribution < 1.29 is 8.78 Å². The van der Waals surface area contributed by atoms with Crippen LogP contribution in [0.1, 0.15) is 31.7 Å². The van der Waals surface area contributed by atoms with Crippen LogP contribution in [0.2, 0.25) is 0 Å². The molecule has 2 aromatic heterocycles. The second-order valence-electron chi connectivity index (χ2n) is 8.46. The lowest BCUT2D eigenvalue weighted by atomic mass is 10.2. The van der Waals surface area contributed by atoms with Crippen LogP contribution in [0, 0.1) is 11.6 Å². The molecule has 1 aliphatic carbocycles. The zero-order valence-electron chi connectivity index (χ0n) is 18.5. The predicted molar refractivity (Wildman–Crippen MR) is 127 cm³/mol. The molecule has 0 amide bonds. The van der Waals surface area contributed by atoms with Crippen molar-refractivity contribution >= 4 is 40.1 Å². The second kappa shape index (κ2) is 8.65. The van der Waals surface area contributed by atoms with Gasteiger partial charge in [0.2, 0.25) is 11.9 Å². The molecule has 0 spiro atoms. The molecule has 0 aliphatic heterocycles. The lowest BCUT2D eigenvalue weighted by Crippen LogP contribution is -2.10. The number of benzene rings is 2. The molecule has 2 heterocycles. The molecule has 0 atom stereocenters. The summed E-state index contributed by atoms with van der Waals surface area (Å²) in [6, 6.07) is 11.5. The first-order valence-corrected chi connectivity index (χ1v) is 11.0. The molecule has 9 heteroatoms. The summed E-state index contributed by atoms with van der Waals surface area (Å²) in [6.45, 7) is 0. The van der Waals surface area contributed by atoms with Crippen LogP contribution in [0.5, 0.6) is 0 Å². The Kier molecular flexibility index (Phi) is 5.53. The number of imidazole rings is 1. The Morgan fingerprint density at radius 2 is 1.73 bits per heavy atom. The Hall–Kier alpha value is -3.75. The van der Waals surface area contributed by atoms with Gasteiger partial charge in [0.15, 0.2) is 5.65 Å². The molecular weight excluding hydrogens is 424 g/mol. The van der Waals surface area contributed by atoms with Crippen molar-refractivity contribution in [2.24, 2.45) is 0 Å². The van der Waals surface area contributed by atoms with Crippen LogP contribution in [0.15, 0.2) is 48.7 Å². The van der Waals surface area contributed by atoms with Crippen molar-refractivity contribution in [1.29, 1.82) is 0 Å². The van der Waals surface area contributed by atoms with E-state index in [2.05, 4.69) is 20.6 Å². The summed E-state index contributed by atoms with van der Waals surface area (Å²) in [5.74, 6) is -0.184. The molecule has 5 rings (SSSR count). The molecule has 33 heavy (non-hydrogen) atoms. The minimum absolute atomic E-state index is 0.0387. The van der Waals surface area contributed by atoms with E-state index in [1.54, 1.807) is 6.20 Å². The van der Waals surface area contributed by atoms with Gasteiger partial charge >= 0.3 is 0 Å². The van der Waals surface area contributed by atoms with Crippen LogP contribution >= 0.6 is 0 Å². The number of nitrogens with zero attached hydrogens (tertiary/aromatic N) is 5. The Labute approximate surface area is 190 Å². The van der Waals surface area contributed by atoms with E-state index in [9.17, 15) is 8.78 Å². The van der Waals surface area contributed by atoms with E-state index in [1.807, 2.05) is 47.8 Å². The van der Waals surface area contributed by atoms with Crippen LogP contribution in [0.3, 0.4) is 0 Å². The molecule has 0 bridgehead atoms. The van der Waals surface area contributed by atoms with Crippen molar-refractivity contribution in [2.75, 3.05) is 29.6 Å². The minimum Gasteiger partial charge on any atom is -0.378 e. The fourth-order valence-corrected chi connectivity index (χ4v) is 4.23. The molecule has 1 saturated carbocycles. The molecule has 7 nitrogen and oxygen atoms in total. The predicted octanol–water partition coefficient (Wildman–Crippen LogP) is 5.77. The highest BCUT2D eigenvalue weighted by atomic mass is 19.1. The molecule has 1 fully saturated rings. The van der Waals surface area contributed by atoms with Gasteiger partial charge in [0, 0.05) is 37.6 Å². The fourth-order valence-electron chi connectivity index (χ4n) is 4.23. The van der Waals surface area contributed by atoms with Crippen LogP contribution in [0.4, 0.5) is 37.7 Å². The van der Waals surface area contributed by atoms with Gasteiger partial charge in [-0.3, -0.25) is 4.57 Å². The smallest absolute Gasteiger partial charge is 0.229 e. The summed E-state index contributed by atoms with van der Waals surface area (Å²) in [5.41, 5.74) is 3.25. The van der Waals surface area contributed by atoms with E-state index in [1.165, 1.54) is 0 Å². The van der Waals surface area contributed by atoms with Crippen molar-refractivity contribution in [3.8, 4) is 0 Å². The monoisotopic (exact) mass is 449 g/mol. The van der Waals surface area contributed by atoms with Gasteiger partial charge in [0.05, 0.1) is 11.9 Å². The lowest BCUT2D eigenvalue weighted by Gasteiger charge is -2.17. The number of nitrogens with one attached hydrogen (secondary N) is 2. The first kappa shape index (κ1) is 21.1. The van der Waals surface area contributed by atoms with E-state index in [0.717, 1.165) is 55.3 Å². The molecular formula is C24H25F2N7. The van der Waals surface area contributed by atoms with Gasteiger partial charge in [-0.25, -0.2) is 18.7 Å².